The Bertz CT molecular complexity index is 1230. The molecule has 0 aromatic heterocycles. The van der Waals surface area contributed by atoms with E-state index in [2.05, 4.69) is 16.0 Å². The first-order chi connectivity index (χ1) is 17.3. The molecular weight excluding hydrogens is 494 g/mol. The number of carbonyl (C=O) groups is 2. The van der Waals surface area contributed by atoms with Crippen LogP contribution >= 0.6 is 24.0 Å². The molecule has 3 aromatic rings. The topological polar surface area (TPSA) is 88.7 Å². The van der Waals surface area contributed by atoms with Gasteiger partial charge in [0.2, 0.25) is 5.91 Å². The Morgan fingerprint density at radius 3 is 2.28 bits per heavy atom. The number of Topliss-reactive ketones (excluding diaryl/α,β-unsaturated/α-hetero) is 1. The predicted octanol–water partition coefficient (Wildman–Crippen LogP) is 6.22. The van der Waals surface area contributed by atoms with Crippen molar-refractivity contribution in [1.29, 1.82) is 0 Å². The lowest BCUT2D eigenvalue weighted by Crippen LogP contribution is -2.24. The lowest BCUT2D eigenvalue weighted by molar-refractivity contribution is -0.115. The standard InChI is InChI=1S/C27H29N3O4S2/c1-5-25(26(32)30-23-14-13-21(33-3)16-24(23)34-4)36-22-8-6-7-20(15-22)29-27(35)28-19-11-9-18(10-12-19)17(2)31/h6-16,25H,5H2,1-4H3,(H,30,32)(H2,28,29,35). The third-order valence-corrected chi connectivity index (χ3v) is 6.81. The molecule has 0 aliphatic rings. The Morgan fingerprint density at radius 2 is 1.64 bits per heavy atom. The van der Waals surface area contributed by atoms with Gasteiger partial charge in [0.25, 0.3) is 0 Å². The molecule has 3 aromatic carbocycles. The highest BCUT2D eigenvalue weighted by Gasteiger charge is 2.20. The lowest BCUT2D eigenvalue weighted by Gasteiger charge is -2.17. The average molecular weight is 524 g/mol. The molecule has 0 radical (unpaired) electrons. The molecule has 0 bridgehead atoms. The summed E-state index contributed by atoms with van der Waals surface area (Å²) in [5, 5.41) is 9.35. The molecule has 1 amide bonds. The number of carbonyl (C=O) groups excluding carboxylic acids is 2. The fourth-order valence-corrected chi connectivity index (χ4v) is 4.58. The van der Waals surface area contributed by atoms with Gasteiger partial charge < -0.3 is 25.4 Å². The number of thiocarbonyl (C=S) groups is 1. The van der Waals surface area contributed by atoms with Crippen LogP contribution in [0.15, 0.2) is 71.6 Å². The van der Waals surface area contributed by atoms with E-state index in [-0.39, 0.29) is 16.9 Å². The number of thioether (sulfide) groups is 1. The Hall–Kier alpha value is -3.56. The van der Waals surface area contributed by atoms with Gasteiger partial charge in [0.05, 0.1) is 25.2 Å². The second-order valence-corrected chi connectivity index (χ2v) is 9.50. The molecule has 0 saturated carbocycles. The molecule has 36 heavy (non-hydrogen) atoms. The molecule has 1 unspecified atom stereocenters. The number of rotatable bonds is 10. The summed E-state index contributed by atoms with van der Waals surface area (Å²) in [6.45, 7) is 3.50. The van der Waals surface area contributed by atoms with Crippen LogP contribution in [0.3, 0.4) is 0 Å². The van der Waals surface area contributed by atoms with Gasteiger partial charge in [-0.2, -0.15) is 0 Å². The van der Waals surface area contributed by atoms with E-state index in [9.17, 15) is 9.59 Å². The molecule has 9 heteroatoms. The van der Waals surface area contributed by atoms with Crippen molar-refractivity contribution in [2.24, 2.45) is 0 Å². The maximum absolute atomic E-state index is 13.0. The predicted molar refractivity (Wildman–Crippen MR) is 151 cm³/mol. The summed E-state index contributed by atoms with van der Waals surface area (Å²) in [6, 6.07) is 20.1. The van der Waals surface area contributed by atoms with E-state index in [0.29, 0.717) is 34.3 Å². The van der Waals surface area contributed by atoms with E-state index in [0.717, 1.165) is 16.3 Å². The number of ether oxygens (including phenoxy) is 2. The maximum Gasteiger partial charge on any atom is 0.237 e. The first kappa shape index (κ1) is 27.0. The van der Waals surface area contributed by atoms with Gasteiger partial charge in [0, 0.05) is 27.9 Å². The number of hydrogen-bond acceptors (Lipinski definition) is 6. The van der Waals surface area contributed by atoms with Crippen molar-refractivity contribution >= 4 is 57.8 Å². The number of nitrogens with one attached hydrogen (secondary N) is 3. The van der Waals surface area contributed by atoms with Crippen LogP contribution in [0.1, 0.15) is 30.6 Å². The van der Waals surface area contributed by atoms with Crippen molar-refractivity contribution < 1.29 is 19.1 Å². The van der Waals surface area contributed by atoms with Crippen molar-refractivity contribution in [3.63, 3.8) is 0 Å². The van der Waals surface area contributed by atoms with Crippen molar-refractivity contribution in [1.82, 2.24) is 0 Å². The lowest BCUT2D eigenvalue weighted by atomic mass is 10.1. The van der Waals surface area contributed by atoms with Crippen LogP contribution in [-0.2, 0) is 4.79 Å². The number of benzene rings is 3. The third kappa shape index (κ3) is 7.47. The summed E-state index contributed by atoms with van der Waals surface area (Å²) in [4.78, 5) is 25.4. The van der Waals surface area contributed by atoms with Crippen LogP contribution in [0, 0.1) is 0 Å². The van der Waals surface area contributed by atoms with Crippen LogP contribution in [-0.4, -0.2) is 36.3 Å². The van der Waals surface area contributed by atoms with Gasteiger partial charge in [-0.05, 0) is 80.2 Å². The Labute approximate surface area is 221 Å². The summed E-state index contributed by atoms with van der Waals surface area (Å²) in [7, 11) is 3.13. The molecule has 1 atom stereocenters. The van der Waals surface area contributed by atoms with E-state index in [1.165, 1.54) is 18.7 Å². The number of methoxy groups -OCH3 is 2. The minimum absolute atomic E-state index is 0.0127. The van der Waals surface area contributed by atoms with Crippen molar-refractivity contribution in [3.8, 4) is 11.5 Å². The second kappa shape index (κ2) is 12.9. The summed E-state index contributed by atoms with van der Waals surface area (Å²) >= 11 is 6.91. The van der Waals surface area contributed by atoms with Gasteiger partial charge in [0.15, 0.2) is 10.9 Å². The molecule has 188 valence electrons. The summed E-state index contributed by atoms with van der Waals surface area (Å²) in [5.41, 5.74) is 2.80. The van der Waals surface area contributed by atoms with E-state index < -0.39 is 0 Å². The van der Waals surface area contributed by atoms with E-state index >= 15 is 0 Å². The minimum Gasteiger partial charge on any atom is -0.497 e. The fourth-order valence-electron chi connectivity index (χ4n) is 3.33. The van der Waals surface area contributed by atoms with Crippen molar-refractivity contribution in [3.05, 3.63) is 72.3 Å². The highest BCUT2D eigenvalue weighted by atomic mass is 32.2. The largest absolute Gasteiger partial charge is 0.497 e. The molecule has 3 rings (SSSR count). The van der Waals surface area contributed by atoms with E-state index in [1.54, 1.807) is 56.7 Å². The third-order valence-electron chi connectivity index (χ3n) is 5.25. The SMILES string of the molecule is CCC(Sc1cccc(NC(=S)Nc2ccc(C(C)=O)cc2)c1)C(=O)Nc1ccc(OC)cc1OC. The zero-order chi connectivity index (χ0) is 26.1. The van der Waals surface area contributed by atoms with E-state index in [1.807, 2.05) is 31.2 Å². The van der Waals surface area contributed by atoms with Crippen LogP contribution < -0.4 is 25.4 Å². The average Bonchev–Trinajstić information content (AvgIpc) is 2.87. The van der Waals surface area contributed by atoms with Crippen LogP contribution in [0.5, 0.6) is 11.5 Å². The van der Waals surface area contributed by atoms with Gasteiger partial charge in [-0.3, -0.25) is 9.59 Å². The number of ketones is 1. The fraction of sp³-hybridized carbons (Fsp3) is 0.222. The summed E-state index contributed by atoms with van der Waals surface area (Å²) in [5.74, 6) is 1.08. The van der Waals surface area contributed by atoms with Gasteiger partial charge >= 0.3 is 0 Å². The molecule has 0 aliphatic carbocycles. The van der Waals surface area contributed by atoms with Crippen LogP contribution in [0.2, 0.25) is 0 Å². The van der Waals surface area contributed by atoms with Crippen molar-refractivity contribution in [2.75, 3.05) is 30.2 Å². The first-order valence-corrected chi connectivity index (χ1v) is 12.6. The molecule has 0 spiro atoms. The zero-order valence-electron chi connectivity index (χ0n) is 20.6. The Kier molecular flexibility index (Phi) is 9.72. The maximum atomic E-state index is 13.0. The van der Waals surface area contributed by atoms with Gasteiger partial charge in [-0.25, -0.2) is 0 Å². The molecular formula is C27H29N3O4S2. The van der Waals surface area contributed by atoms with Crippen molar-refractivity contribution in [2.45, 2.75) is 30.4 Å². The molecule has 3 N–H and O–H groups in total. The highest BCUT2D eigenvalue weighted by Crippen LogP contribution is 2.32. The summed E-state index contributed by atoms with van der Waals surface area (Å²) < 4.78 is 10.6. The molecule has 0 saturated heterocycles. The monoisotopic (exact) mass is 523 g/mol. The smallest absolute Gasteiger partial charge is 0.237 e. The minimum atomic E-state index is -0.308. The number of hydrogen-bond donors (Lipinski definition) is 3. The highest BCUT2D eigenvalue weighted by molar-refractivity contribution is 8.00. The second-order valence-electron chi connectivity index (χ2n) is 7.81. The quantitative estimate of drug-likeness (QED) is 0.164. The summed E-state index contributed by atoms with van der Waals surface area (Å²) in [6.07, 6.45) is 0.642. The van der Waals surface area contributed by atoms with Gasteiger partial charge in [-0.15, -0.1) is 11.8 Å². The Balaban J connectivity index is 1.62. The number of anilines is 3. The van der Waals surface area contributed by atoms with Gasteiger partial charge in [-0.1, -0.05) is 13.0 Å². The van der Waals surface area contributed by atoms with E-state index in [4.69, 9.17) is 21.7 Å². The van der Waals surface area contributed by atoms with Gasteiger partial charge in [0.1, 0.15) is 11.5 Å². The normalized spacial score (nSPS) is 11.2. The zero-order valence-corrected chi connectivity index (χ0v) is 22.2. The molecule has 7 nitrogen and oxygen atoms in total. The number of amides is 1. The Morgan fingerprint density at radius 1 is 0.917 bits per heavy atom. The molecule has 0 heterocycles. The van der Waals surface area contributed by atoms with Crippen LogP contribution in [0.4, 0.5) is 17.1 Å². The molecule has 0 fully saturated rings. The van der Waals surface area contributed by atoms with Crippen LogP contribution in [0.25, 0.3) is 0 Å². The first-order valence-electron chi connectivity index (χ1n) is 11.3. The molecule has 0 aliphatic heterocycles.